The Morgan fingerprint density at radius 3 is 1.09 bits per heavy atom. The molecule has 1 aromatic heterocycles. The molecule has 58 heavy (non-hydrogen) atoms. The average molecular weight is 774 g/mol. The van der Waals surface area contributed by atoms with Crippen LogP contribution >= 0.6 is 0 Å². The van der Waals surface area contributed by atoms with Crippen LogP contribution < -0.4 is 0 Å². The summed E-state index contributed by atoms with van der Waals surface area (Å²) in [7, 11) is 0. The second-order valence-corrected chi connectivity index (χ2v) is 14.9. The van der Waals surface area contributed by atoms with Crippen LogP contribution in [0.15, 0.2) is 150 Å². The zero-order chi connectivity index (χ0) is 41.1. The van der Waals surface area contributed by atoms with Crippen molar-refractivity contribution in [3.63, 3.8) is 0 Å². The third kappa shape index (κ3) is 8.74. The number of halogens is 4. The average Bonchev–Trinajstić information content (AvgIpc) is 3.20. The molecular weight excluding hydrogens is 731 g/mol. The molecule has 0 saturated heterocycles. The number of hydrogen-bond acceptors (Lipinski definition) is 3. The van der Waals surface area contributed by atoms with Crippen molar-refractivity contribution in [3.8, 4) is 0 Å². The zero-order valence-electron chi connectivity index (χ0n) is 33.3. The summed E-state index contributed by atoms with van der Waals surface area (Å²) in [5, 5.41) is 0. The fourth-order valence-corrected chi connectivity index (χ4v) is 7.77. The topological polar surface area (TPSA) is 37.6 Å². The molecule has 0 fully saturated rings. The number of aryl methyl sites for hydroxylation is 4. The minimum atomic E-state index is -0.511. The van der Waals surface area contributed by atoms with Crippen molar-refractivity contribution in [1.82, 2.24) is 4.98 Å². The summed E-state index contributed by atoms with van der Waals surface area (Å²) >= 11 is 0. The fourth-order valence-electron chi connectivity index (χ4n) is 7.77. The van der Waals surface area contributed by atoms with E-state index in [-0.39, 0.29) is 23.3 Å². The molecule has 0 aliphatic rings. The second kappa shape index (κ2) is 16.9. The van der Waals surface area contributed by atoms with Crippen LogP contribution in [0.2, 0.25) is 0 Å². The summed E-state index contributed by atoms with van der Waals surface area (Å²) in [6.45, 7) is 12.0. The van der Waals surface area contributed by atoms with Gasteiger partial charge in [-0.3, -0.25) is 9.98 Å². The van der Waals surface area contributed by atoms with Crippen molar-refractivity contribution in [2.24, 2.45) is 9.98 Å². The summed E-state index contributed by atoms with van der Waals surface area (Å²) < 4.78 is 57.8. The van der Waals surface area contributed by atoms with Crippen LogP contribution in [0, 0.1) is 51.0 Å². The maximum absolute atomic E-state index is 14.4. The maximum atomic E-state index is 14.4. The number of nitrogens with zero attached hydrogens (tertiary/aromatic N) is 3. The molecule has 7 heteroatoms. The molecule has 0 bridgehead atoms. The highest BCUT2D eigenvalue weighted by Crippen LogP contribution is 2.46. The summed E-state index contributed by atoms with van der Waals surface area (Å²) in [5.74, 6) is -2.56. The first-order valence-electron chi connectivity index (χ1n) is 19.2. The number of aromatic nitrogens is 1. The molecule has 1 heterocycles. The van der Waals surface area contributed by atoms with Gasteiger partial charge in [-0.25, -0.2) is 22.5 Å². The second-order valence-electron chi connectivity index (χ2n) is 14.9. The lowest BCUT2D eigenvalue weighted by molar-refractivity contribution is 0.625. The predicted octanol–water partition coefficient (Wildman–Crippen LogP) is 13.5. The molecule has 7 rings (SSSR count). The van der Waals surface area contributed by atoms with Gasteiger partial charge in [-0.1, -0.05) is 90.0 Å². The van der Waals surface area contributed by atoms with Gasteiger partial charge in [0.15, 0.2) is 0 Å². The van der Waals surface area contributed by atoms with Crippen molar-refractivity contribution in [2.75, 3.05) is 0 Å². The lowest BCUT2D eigenvalue weighted by atomic mass is 9.78. The van der Waals surface area contributed by atoms with Gasteiger partial charge in [-0.2, -0.15) is 0 Å². The fraction of sp³-hybridized carbons (Fsp3) is 0.157. The monoisotopic (exact) mass is 773 g/mol. The van der Waals surface area contributed by atoms with E-state index < -0.39 is 11.8 Å². The molecule has 0 radical (unpaired) electrons. The number of pyridine rings is 1. The molecule has 0 aliphatic carbocycles. The highest BCUT2D eigenvalue weighted by molar-refractivity contribution is 6.02. The van der Waals surface area contributed by atoms with Crippen molar-refractivity contribution < 1.29 is 17.6 Å². The molecule has 0 spiro atoms. The maximum Gasteiger partial charge on any atom is 0.123 e. The Hall–Kier alpha value is -6.47. The first kappa shape index (κ1) is 39.8. The van der Waals surface area contributed by atoms with Crippen LogP contribution in [0.25, 0.3) is 0 Å². The Morgan fingerprint density at radius 1 is 0.431 bits per heavy atom. The normalized spacial score (nSPS) is 12.1. The minimum absolute atomic E-state index is 0.384. The van der Waals surface area contributed by atoms with Crippen LogP contribution in [0.5, 0.6) is 0 Å². The van der Waals surface area contributed by atoms with Gasteiger partial charge in [0.25, 0.3) is 0 Å². The van der Waals surface area contributed by atoms with Crippen LogP contribution in [0.4, 0.5) is 28.9 Å². The van der Waals surface area contributed by atoms with Gasteiger partial charge in [0, 0.05) is 11.8 Å². The quantitative estimate of drug-likeness (QED) is 0.0775. The van der Waals surface area contributed by atoms with Crippen molar-refractivity contribution >= 4 is 22.8 Å². The van der Waals surface area contributed by atoms with E-state index in [0.29, 0.717) is 22.8 Å². The third-order valence-electron chi connectivity index (χ3n) is 10.4. The van der Waals surface area contributed by atoms with Gasteiger partial charge in [-0.05, 0) is 147 Å². The first-order chi connectivity index (χ1) is 27.8. The Morgan fingerprint density at radius 2 is 0.741 bits per heavy atom. The lowest BCUT2D eigenvalue weighted by Gasteiger charge is -2.27. The van der Waals surface area contributed by atoms with Gasteiger partial charge in [0.2, 0.25) is 0 Å². The summed E-state index contributed by atoms with van der Waals surface area (Å²) in [6.07, 6.45) is 0. The van der Waals surface area contributed by atoms with Crippen LogP contribution in [-0.2, 0) is 0 Å². The number of rotatable bonds is 10. The molecular formula is C51H43F4N3. The molecule has 6 aromatic carbocycles. The minimum Gasteiger partial charge on any atom is -0.251 e. The Kier molecular flexibility index (Phi) is 11.6. The van der Waals surface area contributed by atoms with Gasteiger partial charge < -0.3 is 0 Å². The van der Waals surface area contributed by atoms with E-state index in [0.717, 1.165) is 61.5 Å². The number of benzene rings is 6. The summed E-state index contributed by atoms with van der Waals surface area (Å²) in [6, 6.07) is 39.2. The van der Waals surface area contributed by atoms with Crippen LogP contribution in [0.3, 0.4) is 0 Å². The molecule has 290 valence electrons. The Labute approximate surface area is 337 Å². The van der Waals surface area contributed by atoms with E-state index in [4.69, 9.17) is 15.0 Å². The number of aliphatic imine (C=N–C) groups is 2. The smallest absolute Gasteiger partial charge is 0.123 e. The molecule has 0 unspecified atom stereocenters. The highest BCUT2D eigenvalue weighted by atomic mass is 19.1. The Bertz CT molecular complexity index is 2420. The molecule has 0 amide bonds. The van der Waals surface area contributed by atoms with E-state index >= 15 is 0 Å². The Balaban J connectivity index is 1.49. The molecule has 0 atom stereocenters. The third-order valence-corrected chi connectivity index (χ3v) is 10.4. The summed E-state index contributed by atoms with van der Waals surface area (Å²) in [5.41, 5.74) is 13.1. The van der Waals surface area contributed by atoms with Crippen LogP contribution in [-0.4, -0.2) is 16.4 Å². The highest BCUT2D eigenvalue weighted by Gasteiger charge is 2.28. The lowest BCUT2D eigenvalue weighted by Crippen LogP contribution is -2.11. The van der Waals surface area contributed by atoms with E-state index in [2.05, 4.69) is 32.9 Å². The predicted molar refractivity (Wildman–Crippen MR) is 227 cm³/mol. The molecule has 7 aromatic rings. The van der Waals surface area contributed by atoms with Crippen molar-refractivity contribution in [3.05, 3.63) is 230 Å². The largest absolute Gasteiger partial charge is 0.251 e. The van der Waals surface area contributed by atoms with E-state index in [1.165, 1.54) is 54.1 Å². The van der Waals surface area contributed by atoms with Gasteiger partial charge in [0.1, 0.15) is 23.3 Å². The van der Waals surface area contributed by atoms with Gasteiger partial charge in [0.05, 0.1) is 34.2 Å². The van der Waals surface area contributed by atoms with E-state index in [9.17, 15) is 17.6 Å². The molecule has 0 saturated carbocycles. The number of hydrogen-bond donors (Lipinski definition) is 0. The zero-order valence-corrected chi connectivity index (χ0v) is 33.3. The van der Waals surface area contributed by atoms with Crippen LogP contribution in [0.1, 0.15) is 92.7 Å². The standard InChI is InChI=1S/C51H43F4N3/c1-30-26-32(3)50(33(4)27-30)56-34(5)46-8-7-9-47(58-46)35(6)57-51-44(48(36-10-18-40(52)19-11-36)37-12-20-41(53)21-13-37)28-31(2)29-45(51)49(38-14-22-42(54)23-15-38)39-16-24-43(55)25-17-39/h7-29,48-49H,1-6H3. The van der Waals surface area contributed by atoms with Crippen molar-refractivity contribution in [2.45, 2.75) is 53.4 Å². The van der Waals surface area contributed by atoms with Crippen molar-refractivity contribution in [1.29, 1.82) is 0 Å². The molecule has 0 N–H and O–H groups in total. The molecule has 3 nitrogen and oxygen atoms in total. The van der Waals surface area contributed by atoms with E-state index in [1.54, 1.807) is 48.5 Å². The SMILES string of the molecule is CC(=Nc1c(C)cc(C)cc1C)c1cccc(C(C)=Nc2c(C(c3ccc(F)cc3)c3ccc(F)cc3)cc(C)cc2C(c2ccc(F)cc2)c2ccc(F)cc2)n1. The summed E-state index contributed by atoms with van der Waals surface area (Å²) in [4.78, 5) is 15.5. The first-order valence-corrected chi connectivity index (χ1v) is 19.2. The molecule has 0 aliphatic heterocycles. The van der Waals surface area contributed by atoms with E-state index in [1.807, 2.05) is 51.1 Å². The van der Waals surface area contributed by atoms with Gasteiger partial charge in [-0.15, -0.1) is 0 Å². The van der Waals surface area contributed by atoms with Gasteiger partial charge >= 0.3 is 0 Å².